The second-order valence-electron chi connectivity index (χ2n) is 6.34. The fourth-order valence-corrected chi connectivity index (χ4v) is 4.35. The number of nitrogens with one attached hydrogen (secondary N) is 1. The summed E-state index contributed by atoms with van der Waals surface area (Å²) in [6.45, 7) is 1.50. The lowest BCUT2D eigenvalue weighted by atomic mass is 9.87. The van der Waals surface area contributed by atoms with Gasteiger partial charge in [0, 0.05) is 30.3 Å². The predicted octanol–water partition coefficient (Wildman–Crippen LogP) is 4.19. The zero-order chi connectivity index (χ0) is 17.1. The van der Waals surface area contributed by atoms with E-state index in [1.807, 2.05) is 48.7 Å². The summed E-state index contributed by atoms with van der Waals surface area (Å²) >= 11 is 1.54. The van der Waals surface area contributed by atoms with Crippen LogP contribution in [0.25, 0.3) is 10.1 Å². The zero-order valence-corrected chi connectivity index (χ0v) is 14.7. The summed E-state index contributed by atoms with van der Waals surface area (Å²) in [5, 5.41) is 4.37. The highest BCUT2D eigenvalue weighted by atomic mass is 32.1. The van der Waals surface area contributed by atoms with Crippen molar-refractivity contribution in [1.29, 1.82) is 0 Å². The van der Waals surface area contributed by atoms with Crippen molar-refractivity contribution in [3.63, 3.8) is 0 Å². The minimum absolute atomic E-state index is 0.0125. The molecule has 1 atom stereocenters. The molecule has 4 rings (SSSR count). The van der Waals surface area contributed by atoms with Gasteiger partial charge in [-0.05, 0) is 47.9 Å². The molecule has 2 aromatic heterocycles. The van der Waals surface area contributed by atoms with Crippen LogP contribution in [0, 0.1) is 5.92 Å². The van der Waals surface area contributed by atoms with Gasteiger partial charge in [0.05, 0.1) is 10.9 Å². The van der Waals surface area contributed by atoms with E-state index in [0.717, 1.165) is 46.6 Å². The van der Waals surface area contributed by atoms with Gasteiger partial charge >= 0.3 is 0 Å². The Balaban J connectivity index is 1.59. The molecule has 0 bridgehead atoms. The minimum atomic E-state index is -0.0321. The fourth-order valence-electron chi connectivity index (χ4n) is 3.39. The highest BCUT2D eigenvalue weighted by Gasteiger charge is 2.27. The third-order valence-electron chi connectivity index (χ3n) is 4.72. The van der Waals surface area contributed by atoms with E-state index in [-0.39, 0.29) is 11.9 Å². The summed E-state index contributed by atoms with van der Waals surface area (Å²) in [5.74, 6) is 0.359. The average Bonchev–Trinajstić information content (AvgIpc) is 3.12. The van der Waals surface area contributed by atoms with Crippen LogP contribution in [0.15, 0.2) is 54.9 Å². The first kappa shape index (κ1) is 16.2. The summed E-state index contributed by atoms with van der Waals surface area (Å²) in [7, 11) is 0. The highest BCUT2D eigenvalue weighted by Crippen LogP contribution is 2.31. The van der Waals surface area contributed by atoms with E-state index in [1.165, 1.54) is 11.3 Å². The highest BCUT2D eigenvalue weighted by molar-refractivity contribution is 7.20. The first-order valence-electron chi connectivity index (χ1n) is 8.58. The number of rotatable bonds is 4. The van der Waals surface area contributed by atoms with Crippen LogP contribution in [0.5, 0.6) is 0 Å². The van der Waals surface area contributed by atoms with Gasteiger partial charge in [-0.25, -0.2) is 0 Å². The maximum atomic E-state index is 12.9. The van der Waals surface area contributed by atoms with Crippen LogP contribution in [0.4, 0.5) is 0 Å². The molecule has 1 saturated heterocycles. The topological polar surface area (TPSA) is 51.2 Å². The minimum Gasteiger partial charge on any atom is -0.381 e. The zero-order valence-electron chi connectivity index (χ0n) is 13.9. The quantitative estimate of drug-likeness (QED) is 0.766. The number of ether oxygens (including phenoxy) is 1. The van der Waals surface area contributed by atoms with Crippen LogP contribution >= 0.6 is 11.3 Å². The van der Waals surface area contributed by atoms with Gasteiger partial charge in [-0.15, -0.1) is 11.3 Å². The molecule has 3 heterocycles. The van der Waals surface area contributed by atoms with Crippen molar-refractivity contribution in [3.8, 4) is 0 Å². The molecule has 1 aliphatic heterocycles. The van der Waals surface area contributed by atoms with E-state index in [1.54, 1.807) is 6.20 Å². The molecule has 5 heteroatoms. The van der Waals surface area contributed by atoms with Crippen molar-refractivity contribution in [2.45, 2.75) is 18.9 Å². The van der Waals surface area contributed by atoms with E-state index in [4.69, 9.17) is 4.74 Å². The summed E-state index contributed by atoms with van der Waals surface area (Å²) < 4.78 is 6.62. The Morgan fingerprint density at radius 1 is 1.20 bits per heavy atom. The van der Waals surface area contributed by atoms with E-state index in [2.05, 4.69) is 10.3 Å². The van der Waals surface area contributed by atoms with E-state index < -0.39 is 0 Å². The summed E-state index contributed by atoms with van der Waals surface area (Å²) in [4.78, 5) is 17.9. The number of pyridine rings is 1. The van der Waals surface area contributed by atoms with Crippen molar-refractivity contribution >= 4 is 27.3 Å². The van der Waals surface area contributed by atoms with Gasteiger partial charge in [-0.2, -0.15) is 0 Å². The van der Waals surface area contributed by atoms with Gasteiger partial charge in [-0.3, -0.25) is 9.78 Å². The van der Waals surface area contributed by atoms with Gasteiger partial charge in [0.2, 0.25) is 0 Å². The molecule has 1 fully saturated rings. The molecule has 25 heavy (non-hydrogen) atoms. The van der Waals surface area contributed by atoms with Gasteiger partial charge in [-0.1, -0.05) is 24.3 Å². The average molecular weight is 352 g/mol. The van der Waals surface area contributed by atoms with Gasteiger partial charge in [0.1, 0.15) is 0 Å². The molecule has 1 aromatic carbocycles. The Morgan fingerprint density at radius 3 is 2.80 bits per heavy atom. The summed E-state index contributed by atoms with van der Waals surface area (Å²) in [6, 6.07) is 14.0. The molecular weight excluding hydrogens is 332 g/mol. The smallest absolute Gasteiger partial charge is 0.261 e. The monoisotopic (exact) mass is 352 g/mol. The van der Waals surface area contributed by atoms with E-state index in [9.17, 15) is 4.79 Å². The maximum Gasteiger partial charge on any atom is 0.261 e. The summed E-state index contributed by atoms with van der Waals surface area (Å²) in [5.41, 5.74) is 1.06. The van der Waals surface area contributed by atoms with E-state index in [0.29, 0.717) is 5.92 Å². The Labute approximate surface area is 150 Å². The van der Waals surface area contributed by atoms with Crippen LogP contribution in [-0.2, 0) is 4.74 Å². The molecule has 1 unspecified atom stereocenters. The molecule has 0 saturated carbocycles. The molecule has 1 amide bonds. The fraction of sp³-hybridized carbons (Fsp3) is 0.300. The number of thiophene rings is 1. The van der Waals surface area contributed by atoms with Gasteiger partial charge < -0.3 is 10.1 Å². The molecule has 128 valence electrons. The number of benzene rings is 1. The number of carbonyl (C=O) groups excluding carboxylic acids is 1. The lowest BCUT2D eigenvalue weighted by Gasteiger charge is -2.31. The van der Waals surface area contributed by atoms with Crippen LogP contribution < -0.4 is 5.32 Å². The number of nitrogens with zero attached hydrogens (tertiary/aromatic N) is 1. The molecule has 0 spiro atoms. The van der Waals surface area contributed by atoms with Crippen molar-refractivity contribution < 1.29 is 9.53 Å². The number of hydrogen-bond donors (Lipinski definition) is 1. The third kappa shape index (κ3) is 3.57. The molecule has 0 aliphatic carbocycles. The number of hydrogen-bond acceptors (Lipinski definition) is 4. The first-order valence-corrected chi connectivity index (χ1v) is 9.40. The van der Waals surface area contributed by atoms with Crippen molar-refractivity contribution in [1.82, 2.24) is 10.3 Å². The molecule has 4 nitrogen and oxygen atoms in total. The molecular formula is C20H20N2O2S. The summed E-state index contributed by atoms with van der Waals surface area (Å²) in [6.07, 6.45) is 5.52. The Morgan fingerprint density at radius 2 is 2.04 bits per heavy atom. The van der Waals surface area contributed by atoms with Crippen molar-refractivity contribution in [2.75, 3.05) is 13.2 Å². The van der Waals surface area contributed by atoms with Crippen LogP contribution in [0.3, 0.4) is 0 Å². The molecule has 1 aliphatic rings. The standard InChI is InChI=1S/C20H20N2O2S/c23-20(18-12-15-4-1-2-6-17(15)25-18)22-19(14-7-10-24-11-8-14)16-5-3-9-21-13-16/h1-6,9,12-14,19H,7-8,10-11H2,(H,22,23). The number of amides is 1. The predicted molar refractivity (Wildman–Crippen MR) is 99.8 cm³/mol. The number of carbonyl (C=O) groups is 1. The number of aromatic nitrogens is 1. The number of fused-ring (bicyclic) bond motifs is 1. The molecule has 1 N–H and O–H groups in total. The lowest BCUT2D eigenvalue weighted by Crippen LogP contribution is -2.35. The molecule has 0 radical (unpaired) electrons. The second-order valence-corrected chi connectivity index (χ2v) is 7.42. The SMILES string of the molecule is O=C(NC(c1cccnc1)C1CCOCC1)c1cc2ccccc2s1. The largest absolute Gasteiger partial charge is 0.381 e. The third-order valence-corrected chi connectivity index (χ3v) is 5.83. The molecule has 3 aromatic rings. The Bertz CT molecular complexity index is 823. The van der Waals surface area contributed by atoms with Crippen LogP contribution in [0.2, 0.25) is 0 Å². The van der Waals surface area contributed by atoms with E-state index >= 15 is 0 Å². The normalized spacial score (nSPS) is 16.6. The van der Waals surface area contributed by atoms with Crippen molar-refractivity contribution in [2.24, 2.45) is 5.92 Å². The Kier molecular flexibility index (Phi) is 4.76. The second kappa shape index (κ2) is 7.33. The van der Waals surface area contributed by atoms with Crippen molar-refractivity contribution in [3.05, 3.63) is 65.3 Å². The van der Waals surface area contributed by atoms with Crippen LogP contribution in [-0.4, -0.2) is 24.1 Å². The lowest BCUT2D eigenvalue weighted by molar-refractivity contribution is 0.0514. The van der Waals surface area contributed by atoms with Crippen LogP contribution in [0.1, 0.15) is 34.1 Å². The maximum absolute atomic E-state index is 12.9. The van der Waals surface area contributed by atoms with Gasteiger partial charge in [0.25, 0.3) is 5.91 Å². The Hall–Kier alpha value is -2.24. The van der Waals surface area contributed by atoms with Gasteiger partial charge in [0.15, 0.2) is 0 Å². The first-order chi connectivity index (χ1) is 12.3.